The highest BCUT2D eigenvalue weighted by Crippen LogP contribution is 2.22. The first-order chi connectivity index (χ1) is 22.2. The highest BCUT2D eigenvalue weighted by atomic mass is 16.7. The van der Waals surface area contributed by atoms with E-state index in [1.54, 1.807) is 6.08 Å². The van der Waals surface area contributed by atoms with Crippen molar-refractivity contribution in [2.75, 3.05) is 13.2 Å². The van der Waals surface area contributed by atoms with Gasteiger partial charge in [-0.3, -0.25) is 4.79 Å². The maximum Gasteiger partial charge on any atom is 0.249 e. The van der Waals surface area contributed by atoms with Crippen molar-refractivity contribution in [2.45, 2.75) is 165 Å². The lowest BCUT2D eigenvalue weighted by Gasteiger charge is -2.40. The van der Waals surface area contributed by atoms with E-state index in [1.807, 2.05) is 12.2 Å². The third-order valence-corrected chi connectivity index (χ3v) is 8.18. The minimum atomic E-state index is -1.67. The van der Waals surface area contributed by atoms with Gasteiger partial charge in [0.25, 0.3) is 0 Å². The number of hydrogen-bond donors (Lipinski definition) is 8. The Hall–Kier alpha value is -1.67. The predicted molar refractivity (Wildman–Crippen MR) is 178 cm³/mol. The van der Waals surface area contributed by atoms with Gasteiger partial charge in [0.05, 0.1) is 25.4 Å². The fourth-order valence-electron chi connectivity index (χ4n) is 5.11. The number of aliphatic hydroxyl groups excluding tert-OH is 7. The molecular formula is C35H63NO10. The maximum absolute atomic E-state index is 12.9. The molecule has 0 aromatic heterocycles. The summed E-state index contributed by atoms with van der Waals surface area (Å²) in [6, 6.07) is -1.21. The number of carbonyl (C=O) groups excluding carboxylic acids is 1. The van der Waals surface area contributed by atoms with Crippen LogP contribution in [0.5, 0.6) is 0 Å². The normalized spacial score (nSPS) is 24.9. The fourth-order valence-corrected chi connectivity index (χ4v) is 5.11. The lowest BCUT2D eigenvalue weighted by Crippen LogP contribution is -2.60. The van der Waals surface area contributed by atoms with Crippen molar-refractivity contribution in [2.24, 2.45) is 0 Å². The molecular weight excluding hydrogens is 594 g/mol. The molecule has 268 valence electrons. The fraction of sp³-hybridized carbons (Fsp3) is 0.800. The van der Waals surface area contributed by atoms with Crippen LogP contribution in [0.3, 0.4) is 0 Å². The largest absolute Gasteiger partial charge is 0.394 e. The van der Waals surface area contributed by atoms with Gasteiger partial charge in [-0.15, -0.1) is 0 Å². The summed E-state index contributed by atoms with van der Waals surface area (Å²) in [5.74, 6) is -0.782. The minimum Gasteiger partial charge on any atom is -0.394 e. The molecule has 0 radical (unpaired) electrons. The molecule has 0 spiro atoms. The summed E-state index contributed by atoms with van der Waals surface area (Å²) < 4.78 is 10.9. The molecule has 0 aromatic rings. The van der Waals surface area contributed by atoms with E-state index in [2.05, 4.69) is 37.4 Å². The average Bonchev–Trinajstić information content (AvgIpc) is 3.05. The molecule has 11 nitrogen and oxygen atoms in total. The number of rotatable bonds is 26. The van der Waals surface area contributed by atoms with Crippen molar-refractivity contribution < 1.29 is 50.0 Å². The third kappa shape index (κ3) is 17.5. The maximum atomic E-state index is 12.9. The van der Waals surface area contributed by atoms with Crippen molar-refractivity contribution in [1.82, 2.24) is 5.32 Å². The zero-order chi connectivity index (χ0) is 34.2. The van der Waals surface area contributed by atoms with Gasteiger partial charge >= 0.3 is 0 Å². The molecule has 1 fully saturated rings. The number of allylic oxidation sites excluding steroid dienone is 5. The quantitative estimate of drug-likeness (QED) is 0.0507. The molecule has 8 N–H and O–H groups in total. The van der Waals surface area contributed by atoms with Crippen LogP contribution < -0.4 is 5.32 Å². The van der Waals surface area contributed by atoms with E-state index in [1.165, 1.54) is 38.5 Å². The van der Waals surface area contributed by atoms with E-state index in [9.17, 15) is 40.5 Å². The van der Waals surface area contributed by atoms with Crippen LogP contribution in [0.25, 0.3) is 0 Å². The van der Waals surface area contributed by atoms with Crippen molar-refractivity contribution in [3.05, 3.63) is 36.5 Å². The number of carbonyl (C=O) groups is 1. The van der Waals surface area contributed by atoms with Crippen molar-refractivity contribution in [3.8, 4) is 0 Å². The first-order valence-corrected chi connectivity index (χ1v) is 17.4. The molecule has 9 unspecified atom stereocenters. The summed E-state index contributed by atoms with van der Waals surface area (Å²) in [6.45, 7) is 3.22. The van der Waals surface area contributed by atoms with E-state index >= 15 is 0 Å². The Morgan fingerprint density at radius 3 is 2.09 bits per heavy atom. The van der Waals surface area contributed by atoms with Gasteiger partial charge in [-0.1, -0.05) is 95.2 Å². The molecule has 1 aliphatic rings. The number of amides is 1. The van der Waals surface area contributed by atoms with Crippen molar-refractivity contribution in [1.29, 1.82) is 0 Å². The highest BCUT2D eigenvalue weighted by molar-refractivity contribution is 5.81. The molecule has 1 aliphatic heterocycles. The van der Waals surface area contributed by atoms with Gasteiger partial charge in [-0.05, 0) is 44.9 Å². The lowest BCUT2D eigenvalue weighted by atomic mass is 9.99. The molecule has 1 heterocycles. The molecule has 9 atom stereocenters. The molecule has 1 rings (SSSR count). The Morgan fingerprint density at radius 1 is 0.783 bits per heavy atom. The van der Waals surface area contributed by atoms with Gasteiger partial charge < -0.3 is 50.5 Å². The summed E-state index contributed by atoms with van der Waals surface area (Å²) >= 11 is 0. The second-order valence-corrected chi connectivity index (χ2v) is 12.2. The van der Waals surface area contributed by atoms with E-state index in [-0.39, 0.29) is 12.8 Å². The number of ether oxygens (including phenoxy) is 2. The highest BCUT2D eigenvalue weighted by Gasteiger charge is 2.44. The SMILES string of the molecule is CCCC/C=C/CCCC(O)C(O)C(COC1OC(CO)C(O)C(O)C1O)NC(=O)C(O)C/C=C\C/C=C\CCCCCCCC. The van der Waals surface area contributed by atoms with Gasteiger partial charge in [0.15, 0.2) is 6.29 Å². The van der Waals surface area contributed by atoms with E-state index in [4.69, 9.17) is 9.47 Å². The van der Waals surface area contributed by atoms with Crippen LogP contribution in [-0.2, 0) is 14.3 Å². The Morgan fingerprint density at radius 2 is 1.39 bits per heavy atom. The van der Waals surface area contributed by atoms with Crippen LogP contribution >= 0.6 is 0 Å². The van der Waals surface area contributed by atoms with Crippen LogP contribution in [0.4, 0.5) is 0 Å². The minimum absolute atomic E-state index is 0.0421. The smallest absolute Gasteiger partial charge is 0.249 e. The summed E-state index contributed by atoms with van der Waals surface area (Å²) in [6.07, 6.45) is 14.1. The standard InChI is InChI=1S/C35H63NO10/c1-3-5-7-9-11-12-13-14-15-17-19-21-23-28(39)34(44)36-26(30(40)27(38)22-20-18-16-10-8-6-4-2)25-45-35-33(43)32(42)31(41)29(24-37)46-35/h10,14-16,19,21,26-33,35,37-43H,3-9,11-13,17-18,20,22-25H2,1-2H3,(H,36,44)/b15-14-,16-10+,21-19-. The van der Waals surface area contributed by atoms with Crippen molar-refractivity contribution >= 4 is 5.91 Å². The molecule has 11 heteroatoms. The first kappa shape index (κ1) is 42.4. The van der Waals surface area contributed by atoms with Crippen molar-refractivity contribution in [3.63, 3.8) is 0 Å². The Kier molecular flexibility index (Phi) is 24.2. The molecule has 0 aliphatic carbocycles. The number of aliphatic hydroxyl groups is 7. The number of hydrogen-bond acceptors (Lipinski definition) is 10. The Bertz CT molecular complexity index is 851. The number of nitrogens with one attached hydrogen (secondary N) is 1. The molecule has 0 bridgehead atoms. The molecule has 1 amide bonds. The van der Waals surface area contributed by atoms with Gasteiger partial charge in [-0.2, -0.15) is 0 Å². The second-order valence-electron chi connectivity index (χ2n) is 12.2. The van der Waals surface area contributed by atoms with Crippen LogP contribution in [0, 0.1) is 0 Å². The van der Waals surface area contributed by atoms with Gasteiger partial charge in [0.1, 0.15) is 36.6 Å². The van der Waals surface area contributed by atoms with E-state index < -0.39 is 74.2 Å². The third-order valence-electron chi connectivity index (χ3n) is 8.18. The summed E-state index contributed by atoms with van der Waals surface area (Å²) in [4.78, 5) is 12.9. The monoisotopic (exact) mass is 657 g/mol. The second kappa shape index (κ2) is 26.3. The average molecular weight is 658 g/mol. The lowest BCUT2D eigenvalue weighted by molar-refractivity contribution is -0.303. The molecule has 0 aromatic carbocycles. The number of unbranched alkanes of at least 4 members (excludes halogenated alkanes) is 9. The Balaban J connectivity index is 2.69. The van der Waals surface area contributed by atoms with Crippen LogP contribution in [0.2, 0.25) is 0 Å². The summed E-state index contributed by atoms with van der Waals surface area (Å²) in [7, 11) is 0. The van der Waals surface area contributed by atoms with Crippen LogP contribution in [0.1, 0.15) is 110 Å². The zero-order valence-corrected chi connectivity index (χ0v) is 28.0. The summed E-state index contributed by atoms with van der Waals surface area (Å²) in [5.41, 5.74) is 0. The summed E-state index contributed by atoms with van der Waals surface area (Å²) in [5, 5.41) is 74.5. The predicted octanol–water partition coefficient (Wildman–Crippen LogP) is 2.93. The van der Waals surface area contributed by atoms with E-state index in [0.717, 1.165) is 25.7 Å². The topological polar surface area (TPSA) is 189 Å². The van der Waals surface area contributed by atoms with Gasteiger partial charge in [0, 0.05) is 6.42 Å². The van der Waals surface area contributed by atoms with E-state index in [0.29, 0.717) is 19.3 Å². The molecule has 1 saturated heterocycles. The zero-order valence-electron chi connectivity index (χ0n) is 28.0. The Labute approximate surface area is 276 Å². The molecule has 0 saturated carbocycles. The van der Waals surface area contributed by atoms with Crippen LogP contribution in [-0.4, -0.2) is 110 Å². The first-order valence-electron chi connectivity index (χ1n) is 17.4. The van der Waals surface area contributed by atoms with Gasteiger partial charge in [-0.25, -0.2) is 0 Å². The van der Waals surface area contributed by atoms with Crippen LogP contribution in [0.15, 0.2) is 36.5 Å². The molecule has 46 heavy (non-hydrogen) atoms. The van der Waals surface area contributed by atoms with Gasteiger partial charge in [0.2, 0.25) is 5.91 Å².